The van der Waals surface area contributed by atoms with Gasteiger partial charge < -0.3 is 11.1 Å². The Morgan fingerprint density at radius 2 is 2.11 bits per heavy atom. The molecule has 1 fully saturated rings. The van der Waals surface area contributed by atoms with Crippen molar-refractivity contribution >= 4 is 34.7 Å². The van der Waals surface area contributed by atoms with Crippen molar-refractivity contribution < 1.29 is 4.79 Å². The molecule has 2 rings (SSSR count). The second kappa shape index (κ2) is 5.88. The highest BCUT2D eigenvalue weighted by Crippen LogP contribution is 2.38. The van der Waals surface area contributed by atoms with Crippen LogP contribution >= 0.6 is 23.8 Å². The first kappa shape index (κ1) is 14.3. The number of carbonyl (C=O) groups excluding carboxylic acids is 1. The van der Waals surface area contributed by atoms with Gasteiger partial charge >= 0.3 is 0 Å². The molecule has 1 aromatic carbocycles. The molecule has 1 aromatic rings. The van der Waals surface area contributed by atoms with Crippen LogP contribution in [-0.4, -0.2) is 10.9 Å². The first-order chi connectivity index (χ1) is 9.04. The van der Waals surface area contributed by atoms with Crippen molar-refractivity contribution in [1.82, 2.24) is 5.32 Å². The number of hydrogen-bond acceptors (Lipinski definition) is 2. The fourth-order valence-corrected chi connectivity index (χ4v) is 3.07. The van der Waals surface area contributed by atoms with E-state index in [9.17, 15) is 4.79 Å². The maximum absolute atomic E-state index is 12.4. The molecule has 0 unspecified atom stereocenters. The average Bonchev–Trinajstić information content (AvgIpc) is 2.86. The molecule has 0 heterocycles. The molecule has 3 N–H and O–H groups in total. The molecule has 1 amide bonds. The number of rotatable bonds is 4. The van der Waals surface area contributed by atoms with Crippen LogP contribution in [0.3, 0.4) is 0 Å². The van der Waals surface area contributed by atoms with E-state index < -0.39 is 5.41 Å². The van der Waals surface area contributed by atoms with Crippen molar-refractivity contribution in [2.75, 3.05) is 0 Å². The summed E-state index contributed by atoms with van der Waals surface area (Å²) >= 11 is 11.0. The minimum absolute atomic E-state index is 0.0579. The fraction of sp³-hybridized carbons (Fsp3) is 0.429. The molecule has 0 saturated heterocycles. The number of halogens is 1. The van der Waals surface area contributed by atoms with Crippen LogP contribution in [0.1, 0.15) is 31.2 Å². The quantitative estimate of drug-likeness (QED) is 0.840. The molecule has 3 nitrogen and oxygen atoms in total. The highest BCUT2D eigenvalue weighted by molar-refractivity contribution is 7.80. The fourth-order valence-electron chi connectivity index (χ4n) is 2.56. The lowest BCUT2D eigenvalue weighted by molar-refractivity contribution is -0.127. The van der Waals surface area contributed by atoms with Gasteiger partial charge in [-0.05, 0) is 30.5 Å². The minimum Gasteiger partial charge on any atom is -0.392 e. The lowest BCUT2D eigenvalue weighted by Crippen LogP contribution is -2.46. The van der Waals surface area contributed by atoms with Crippen molar-refractivity contribution in [3.63, 3.8) is 0 Å². The average molecular weight is 297 g/mol. The van der Waals surface area contributed by atoms with Gasteiger partial charge in [-0.1, -0.05) is 48.8 Å². The molecule has 0 aliphatic heterocycles. The molecule has 1 aliphatic carbocycles. The molecule has 1 saturated carbocycles. The van der Waals surface area contributed by atoms with Crippen LogP contribution in [0.5, 0.6) is 0 Å². The van der Waals surface area contributed by atoms with E-state index in [0.29, 0.717) is 16.6 Å². The van der Waals surface area contributed by atoms with Crippen molar-refractivity contribution in [1.29, 1.82) is 0 Å². The lowest BCUT2D eigenvalue weighted by Gasteiger charge is -2.26. The summed E-state index contributed by atoms with van der Waals surface area (Å²) in [6, 6.07) is 7.43. The number of hydrogen-bond donors (Lipinski definition) is 2. The Morgan fingerprint density at radius 1 is 1.42 bits per heavy atom. The molecular weight excluding hydrogens is 280 g/mol. The van der Waals surface area contributed by atoms with Crippen LogP contribution in [0.15, 0.2) is 24.3 Å². The third-order valence-electron chi connectivity index (χ3n) is 3.71. The molecule has 19 heavy (non-hydrogen) atoms. The molecular formula is C14H17ClN2OS. The Labute approximate surface area is 123 Å². The van der Waals surface area contributed by atoms with Crippen molar-refractivity contribution in [2.24, 2.45) is 11.1 Å². The van der Waals surface area contributed by atoms with Gasteiger partial charge in [-0.25, -0.2) is 0 Å². The van der Waals surface area contributed by atoms with E-state index in [4.69, 9.17) is 29.6 Å². The van der Waals surface area contributed by atoms with E-state index in [0.717, 1.165) is 31.2 Å². The van der Waals surface area contributed by atoms with Crippen LogP contribution in [0.25, 0.3) is 0 Å². The summed E-state index contributed by atoms with van der Waals surface area (Å²) in [4.78, 5) is 12.7. The van der Waals surface area contributed by atoms with Gasteiger partial charge in [0.1, 0.15) is 0 Å². The van der Waals surface area contributed by atoms with E-state index >= 15 is 0 Å². The SMILES string of the molecule is NC(=S)C1(C(=O)NCc2cccc(Cl)c2)CCCC1. The van der Waals surface area contributed by atoms with Crippen LogP contribution in [0.4, 0.5) is 0 Å². The Kier molecular flexibility index (Phi) is 4.42. The summed E-state index contributed by atoms with van der Waals surface area (Å²) in [5.74, 6) is -0.0579. The van der Waals surface area contributed by atoms with E-state index in [1.54, 1.807) is 6.07 Å². The lowest BCUT2D eigenvalue weighted by atomic mass is 9.85. The van der Waals surface area contributed by atoms with Gasteiger partial charge in [-0.2, -0.15) is 0 Å². The molecule has 0 spiro atoms. The Balaban J connectivity index is 2.02. The van der Waals surface area contributed by atoms with Gasteiger partial charge in [-0.15, -0.1) is 0 Å². The van der Waals surface area contributed by atoms with Crippen LogP contribution in [-0.2, 0) is 11.3 Å². The van der Waals surface area contributed by atoms with E-state index in [1.807, 2.05) is 18.2 Å². The molecule has 1 aliphatic rings. The minimum atomic E-state index is -0.645. The summed E-state index contributed by atoms with van der Waals surface area (Å²) in [7, 11) is 0. The normalized spacial score (nSPS) is 17.1. The predicted octanol–water partition coefficient (Wildman–Crippen LogP) is 2.80. The number of benzene rings is 1. The molecule has 0 radical (unpaired) electrons. The van der Waals surface area contributed by atoms with E-state index in [1.165, 1.54) is 0 Å². The summed E-state index contributed by atoms with van der Waals surface area (Å²) in [6.45, 7) is 0.448. The molecule has 102 valence electrons. The van der Waals surface area contributed by atoms with E-state index in [2.05, 4.69) is 5.32 Å². The second-order valence-electron chi connectivity index (χ2n) is 4.97. The van der Waals surface area contributed by atoms with Crippen molar-refractivity contribution in [3.05, 3.63) is 34.9 Å². The second-order valence-corrected chi connectivity index (χ2v) is 5.84. The first-order valence-corrected chi connectivity index (χ1v) is 7.16. The zero-order valence-electron chi connectivity index (χ0n) is 10.6. The van der Waals surface area contributed by atoms with Crippen LogP contribution in [0.2, 0.25) is 5.02 Å². The molecule has 5 heteroatoms. The number of carbonyl (C=O) groups is 1. The largest absolute Gasteiger partial charge is 0.392 e. The third kappa shape index (κ3) is 3.07. The Morgan fingerprint density at radius 3 is 2.68 bits per heavy atom. The van der Waals surface area contributed by atoms with Gasteiger partial charge in [0.2, 0.25) is 5.91 Å². The summed E-state index contributed by atoms with van der Waals surface area (Å²) in [5, 5.41) is 3.59. The van der Waals surface area contributed by atoms with Gasteiger partial charge in [0, 0.05) is 11.6 Å². The van der Waals surface area contributed by atoms with Gasteiger partial charge in [0.05, 0.1) is 10.4 Å². The van der Waals surface area contributed by atoms with Gasteiger partial charge in [0.15, 0.2) is 0 Å². The molecule has 0 bridgehead atoms. The maximum atomic E-state index is 12.4. The molecule has 0 atom stereocenters. The van der Waals surface area contributed by atoms with Crippen LogP contribution < -0.4 is 11.1 Å². The summed E-state index contributed by atoms with van der Waals surface area (Å²) in [6.07, 6.45) is 3.51. The standard InChI is InChI=1S/C14H17ClN2OS/c15-11-5-3-4-10(8-11)9-17-13(18)14(12(16)19)6-1-2-7-14/h3-5,8H,1-2,6-7,9H2,(H2,16,19)(H,17,18). The van der Waals surface area contributed by atoms with Crippen molar-refractivity contribution in [3.8, 4) is 0 Å². The summed E-state index contributed by atoms with van der Waals surface area (Å²) < 4.78 is 0. The monoisotopic (exact) mass is 296 g/mol. The Bertz CT molecular complexity index is 498. The first-order valence-electron chi connectivity index (χ1n) is 6.37. The maximum Gasteiger partial charge on any atom is 0.233 e. The third-order valence-corrected chi connectivity index (χ3v) is 4.33. The topological polar surface area (TPSA) is 55.1 Å². The highest BCUT2D eigenvalue weighted by Gasteiger charge is 2.43. The predicted molar refractivity (Wildman–Crippen MR) is 81.0 cm³/mol. The number of thiocarbonyl (C=S) groups is 1. The van der Waals surface area contributed by atoms with Gasteiger partial charge in [-0.3, -0.25) is 4.79 Å². The Hall–Kier alpha value is -1.13. The van der Waals surface area contributed by atoms with E-state index in [-0.39, 0.29) is 5.91 Å². The zero-order valence-corrected chi connectivity index (χ0v) is 12.2. The number of amides is 1. The van der Waals surface area contributed by atoms with Crippen molar-refractivity contribution in [2.45, 2.75) is 32.2 Å². The molecule has 0 aromatic heterocycles. The highest BCUT2D eigenvalue weighted by atomic mass is 35.5. The smallest absolute Gasteiger partial charge is 0.233 e. The number of nitrogens with one attached hydrogen (secondary N) is 1. The van der Waals surface area contributed by atoms with Crippen LogP contribution in [0, 0.1) is 5.41 Å². The number of nitrogens with two attached hydrogens (primary N) is 1. The zero-order chi connectivity index (χ0) is 13.9. The summed E-state index contributed by atoms with van der Waals surface area (Å²) in [5.41, 5.74) is 6.10. The van der Waals surface area contributed by atoms with Gasteiger partial charge in [0.25, 0.3) is 0 Å².